The normalized spacial score (nSPS) is 11.6. The first-order chi connectivity index (χ1) is 7.74. The summed E-state index contributed by atoms with van der Waals surface area (Å²) in [4.78, 5) is 0. The molecule has 0 N–H and O–H groups in total. The minimum Gasteiger partial charge on any atom is -0.0656 e. The first-order valence-corrected chi connectivity index (χ1v) is 7.74. The molecule has 0 aromatic heterocycles. The summed E-state index contributed by atoms with van der Waals surface area (Å²) in [5, 5.41) is 0. The number of hydrogen-bond acceptors (Lipinski definition) is 0. The van der Waals surface area contributed by atoms with E-state index in [1.165, 1.54) is 64.2 Å². The van der Waals surface area contributed by atoms with Gasteiger partial charge in [-0.05, 0) is 0 Å². The van der Waals surface area contributed by atoms with Crippen LogP contribution in [0.3, 0.4) is 0 Å². The lowest BCUT2D eigenvalue weighted by Gasteiger charge is -2.05. The quantitative estimate of drug-likeness (QED) is 0.459. The molecular weight excluding hydrogens is 192 g/mol. The Morgan fingerprint density at radius 2 is 0.688 bits per heavy atom. The van der Waals surface area contributed by atoms with Crippen LogP contribution in [0.2, 0.25) is 0 Å². The maximum atomic E-state index is 2.23. The molecule has 0 heteroatoms. The van der Waals surface area contributed by atoms with Gasteiger partial charge < -0.3 is 0 Å². The van der Waals surface area contributed by atoms with E-state index < -0.39 is 0 Å². The van der Waals surface area contributed by atoms with Crippen LogP contribution >= 0.6 is 0 Å². The van der Waals surface area contributed by atoms with Crippen LogP contribution < -0.4 is 0 Å². The second kappa shape index (κ2) is 29.4. The van der Waals surface area contributed by atoms with Crippen LogP contribution in [-0.2, 0) is 0 Å². The van der Waals surface area contributed by atoms with Crippen molar-refractivity contribution >= 4 is 0 Å². The van der Waals surface area contributed by atoms with E-state index in [0.29, 0.717) is 0 Å². The van der Waals surface area contributed by atoms with Gasteiger partial charge in [-0.15, -0.1) is 0 Å². The summed E-state index contributed by atoms with van der Waals surface area (Å²) in [7, 11) is 0. The molecule has 0 saturated heterocycles. The fourth-order valence-electron chi connectivity index (χ4n) is 0.750. The van der Waals surface area contributed by atoms with Gasteiger partial charge in [-0.25, -0.2) is 0 Å². The third-order valence-electron chi connectivity index (χ3n) is 1.96. The summed E-state index contributed by atoms with van der Waals surface area (Å²) in [5.74, 6) is 0. The lowest BCUT2D eigenvalue weighted by molar-refractivity contribution is 0.504. The predicted molar refractivity (Wildman–Crippen MR) is 80.2 cm³/mol. The van der Waals surface area contributed by atoms with E-state index in [1.807, 2.05) is 0 Å². The summed E-state index contributed by atoms with van der Waals surface area (Å²) in [5.41, 5.74) is 0. The van der Waals surface area contributed by atoms with Gasteiger partial charge in [-0.3, -0.25) is 0 Å². The van der Waals surface area contributed by atoms with Crippen LogP contribution in [-0.4, -0.2) is 0 Å². The molecule has 1 saturated carbocycles. The molecule has 1 fully saturated rings. The Balaban J connectivity index is -0.000000148. The zero-order valence-corrected chi connectivity index (χ0v) is 13.1. The van der Waals surface area contributed by atoms with E-state index >= 15 is 0 Å². The molecule has 0 radical (unpaired) electrons. The van der Waals surface area contributed by atoms with E-state index in [0.717, 1.165) is 0 Å². The van der Waals surface area contributed by atoms with Gasteiger partial charge in [0.15, 0.2) is 0 Å². The van der Waals surface area contributed by atoms with Crippen molar-refractivity contribution in [1.29, 1.82) is 0 Å². The zero-order chi connectivity index (χ0) is 13.1. The van der Waals surface area contributed by atoms with Crippen molar-refractivity contribution in [2.75, 3.05) is 0 Å². The Bertz CT molecular complexity index is 52.4. The molecule has 0 atom stereocenters. The van der Waals surface area contributed by atoms with Gasteiger partial charge in [0.05, 0.1) is 0 Å². The summed E-state index contributed by atoms with van der Waals surface area (Å²) in [6, 6.07) is 0. The Hall–Kier alpha value is 0. The van der Waals surface area contributed by atoms with E-state index in [-0.39, 0.29) is 0 Å². The van der Waals surface area contributed by atoms with Gasteiger partial charge in [0, 0.05) is 0 Å². The Kier molecular flexibility index (Phi) is 39.1. The molecule has 0 unspecified atom stereocenters. The minimum atomic E-state index is 1.25. The van der Waals surface area contributed by atoms with Crippen molar-refractivity contribution in [3.05, 3.63) is 0 Å². The largest absolute Gasteiger partial charge is 0.0656 e. The average Bonchev–Trinajstić information content (AvgIpc) is 2.14. The fourth-order valence-corrected chi connectivity index (χ4v) is 0.750. The molecule has 0 aromatic carbocycles. The maximum absolute atomic E-state index is 2.23. The van der Waals surface area contributed by atoms with Gasteiger partial charge in [0.1, 0.15) is 0 Å². The molecule has 1 rings (SSSR count). The molecule has 0 aliphatic heterocycles. The molecule has 0 amide bonds. The van der Waals surface area contributed by atoms with Gasteiger partial charge in [0.2, 0.25) is 0 Å². The smallest absolute Gasteiger partial charge is 0.0533 e. The van der Waals surface area contributed by atoms with Crippen molar-refractivity contribution in [3.8, 4) is 0 Å². The summed E-state index contributed by atoms with van der Waals surface area (Å²) in [6.45, 7) is 13.0. The number of hydrogen-bond donors (Lipinski definition) is 0. The van der Waals surface area contributed by atoms with Gasteiger partial charge in [-0.1, -0.05) is 106 Å². The highest BCUT2D eigenvalue weighted by molar-refractivity contribution is 4.50. The molecule has 102 valence electrons. The molecule has 16 heavy (non-hydrogen) atoms. The van der Waals surface area contributed by atoms with Crippen LogP contribution in [0, 0.1) is 0 Å². The number of rotatable bonds is 3. The SMILES string of the molecule is C1CCC1.CCC.CCC.CCCCCC. The number of unbranched alkanes of at least 4 members (excludes halogenated alkanes) is 3. The molecule has 1 aliphatic carbocycles. The summed E-state index contributed by atoms with van der Waals surface area (Å²) in [6.07, 6.45) is 14.0. The van der Waals surface area contributed by atoms with E-state index in [1.54, 1.807) is 0 Å². The van der Waals surface area contributed by atoms with Crippen molar-refractivity contribution in [3.63, 3.8) is 0 Å². The molecule has 0 nitrogen and oxygen atoms in total. The lowest BCUT2D eigenvalue weighted by atomic mass is 10.0. The molecule has 0 bridgehead atoms. The Morgan fingerprint density at radius 3 is 0.750 bits per heavy atom. The van der Waals surface area contributed by atoms with Gasteiger partial charge in [0.25, 0.3) is 0 Å². The highest BCUT2D eigenvalue weighted by Crippen LogP contribution is 2.15. The van der Waals surface area contributed by atoms with Crippen LogP contribution in [0.15, 0.2) is 0 Å². The highest BCUT2D eigenvalue weighted by atomic mass is 14.0. The van der Waals surface area contributed by atoms with E-state index in [2.05, 4.69) is 41.5 Å². The third kappa shape index (κ3) is 48.3. The molecule has 1 aliphatic rings. The zero-order valence-electron chi connectivity index (χ0n) is 13.1. The monoisotopic (exact) mass is 230 g/mol. The molecule has 0 spiro atoms. The van der Waals surface area contributed by atoms with Crippen LogP contribution in [0.5, 0.6) is 0 Å². The molecule has 0 aromatic rings. The second-order valence-corrected chi connectivity index (χ2v) is 4.54. The van der Waals surface area contributed by atoms with Crippen molar-refractivity contribution in [2.45, 2.75) is 106 Å². The molecule has 0 heterocycles. The summed E-state index contributed by atoms with van der Waals surface area (Å²) >= 11 is 0. The fraction of sp³-hybridized carbons (Fsp3) is 1.00. The van der Waals surface area contributed by atoms with Crippen molar-refractivity contribution in [2.24, 2.45) is 0 Å². The topological polar surface area (TPSA) is 0 Å². The highest BCUT2D eigenvalue weighted by Gasteiger charge is 1.95. The van der Waals surface area contributed by atoms with E-state index in [9.17, 15) is 0 Å². The van der Waals surface area contributed by atoms with E-state index in [4.69, 9.17) is 0 Å². The predicted octanol–water partition coefficient (Wildman–Crippen LogP) is 6.98. The van der Waals surface area contributed by atoms with Gasteiger partial charge in [-0.2, -0.15) is 0 Å². The van der Waals surface area contributed by atoms with Crippen LogP contribution in [0.1, 0.15) is 106 Å². The van der Waals surface area contributed by atoms with Crippen LogP contribution in [0.25, 0.3) is 0 Å². The Labute approximate surface area is 106 Å². The van der Waals surface area contributed by atoms with Crippen molar-refractivity contribution in [1.82, 2.24) is 0 Å². The first-order valence-electron chi connectivity index (χ1n) is 7.74. The van der Waals surface area contributed by atoms with Crippen molar-refractivity contribution < 1.29 is 0 Å². The van der Waals surface area contributed by atoms with Crippen LogP contribution in [0.4, 0.5) is 0 Å². The van der Waals surface area contributed by atoms with Gasteiger partial charge >= 0.3 is 0 Å². The third-order valence-corrected chi connectivity index (χ3v) is 1.96. The lowest BCUT2D eigenvalue weighted by Crippen LogP contribution is -1.85. The first kappa shape index (κ1) is 21.3. The standard InChI is InChI=1S/C6H14.C4H8.2C3H8/c1-3-5-6-4-2;1-2-4-3-1;2*1-3-2/h3-6H2,1-2H3;1-4H2;2*3H2,1-2H3. The second-order valence-electron chi connectivity index (χ2n) is 4.54. The molecular formula is C16H38. The average molecular weight is 230 g/mol. The Morgan fingerprint density at radius 1 is 0.500 bits per heavy atom. The summed E-state index contributed by atoms with van der Waals surface area (Å²) < 4.78 is 0. The maximum Gasteiger partial charge on any atom is -0.0533 e. The minimum absolute atomic E-state index is 1.25.